The second kappa shape index (κ2) is 8.70. The van der Waals surface area contributed by atoms with Gasteiger partial charge >= 0.3 is 12.1 Å². The van der Waals surface area contributed by atoms with Crippen LogP contribution in [-0.4, -0.2) is 45.3 Å². The fourth-order valence-corrected chi connectivity index (χ4v) is 3.02. The van der Waals surface area contributed by atoms with Crippen LogP contribution in [0.15, 0.2) is 36.4 Å². The van der Waals surface area contributed by atoms with Crippen LogP contribution in [-0.2, 0) is 15.7 Å². The predicted molar refractivity (Wildman–Crippen MR) is 100 cm³/mol. The van der Waals surface area contributed by atoms with Gasteiger partial charge in [0.2, 0.25) is 0 Å². The summed E-state index contributed by atoms with van der Waals surface area (Å²) in [5.74, 6) is -3.13. The molecule has 1 aliphatic heterocycles. The van der Waals surface area contributed by atoms with Crippen molar-refractivity contribution in [1.29, 1.82) is 0 Å². The number of halogens is 4. The van der Waals surface area contributed by atoms with Gasteiger partial charge in [0.15, 0.2) is 0 Å². The molecule has 2 aromatic carbocycles. The Balaban J connectivity index is 1.90. The topological polar surface area (TPSA) is 67.9 Å². The van der Waals surface area contributed by atoms with Crippen LogP contribution in [0.4, 0.5) is 28.9 Å². The van der Waals surface area contributed by atoms with Crippen molar-refractivity contribution in [2.75, 3.05) is 43.6 Å². The summed E-state index contributed by atoms with van der Waals surface area (Å²) in [4.78, 5) is 26.7. The first-order valence-electron chi connectivity index (χ1n) is 8.94. The highest BCUT2D eigenvalue weighted by molar-refractivity contribution is 6.08. The molecule has 30 heavy (non-hydrogen) atoms. The Morgan fingerprint density at radius 1 is 1.10 bits per heavy atom. The van der Waals surface area contributed by atoms with Gasteiger partial charge in [0.05, 0.1) is 37.1 Å². The van der Waals surface area contributed by atoms with Crippen molar-refractivity contribution >= 4 is 23.3 Å². The number of benzene rings is 2. The molecule has 1 aliphatic rings. The van der Waals surface area contributed by atoms with Crippen LogP contribution in [0.2, 0.25) is 0 Å². The number of alkyl halides is 3. The van der Waals surface area contributed by atoms with Crippen LogP contribution in [0.5, 0.6) is 0 Å². The van der Waals surface area contributed by atoms with Gasteiger partial charge in [-0.3, -0.25) is 4.79 Å². The third-order valence-electron chi connectivity index (χ3n) is 4.57. The van der Waals surface area contributed by atoms with Gasteiger partial charge in [-0.15, -0.1) is 0 Å². The Kier molecular flexibility index (Phi) is 6.25. The average Bonchev–Trinajstić information content (AvgIpc) is 2.73. The van der Waals surface area contributed by atoms with E-state index in [0.29, 0.717) is 44.1 Å². The number of hydrogen-bond donors (Lipinski definition) is 1. The van der Waals surface area contributed by atoms with Gasteiger partial charge in [-0.2, -0.15) is 13.2 Å². The van der Waals surface area contributed by atoms with Gasteiger partial charge in [-0.1, -0.05) is 0 Å². The van der Waals surface area contributed by atoms with Gasteiger partial charge in [0.1, 0.15) is 5.82 Å². The van der Waals surface area contributed by atoms with E-state index in [-0.39, 0.29) is 11.3 Å². The van der Waals surface area contributed by atoms with E-state index in [4.69, 9.17) is 9.47 Å². The average molecular weight is 426 g/mol. The molecule has 6 nitrogen and oxygen atoms in total. The molecule has 0 unspecified atom stereocenters. The van der Waals surface area contributed by atoms with Gasteiger partial charge < -0.3 is 19.7 Å². The number of morpholine rings is 1. The van der Waals surface area contributed by atoms with Crippen molar-refractivity contribution in [3.05, 3.63) is 58.9 Å². The molecule has 0 aromatic heterocycles. The normalized spacial score (nSPS) is 14.4. The molecular formula is C20H18F4N2O4. The van der Waals surface area contributed by atoms with Crippen LogP contribution >= 0.6 is 0 Å². The van der Waals surface area contributed by atoms with Crippen molar-refractivity contribution in [1.82, 2.24) is 0 Å². The number of anilines is 2. The second-order valence-electron chi connectivity index (χ2n) is 6.47. The van der Waals surface area contributed by atoms with Gasteiger partial charge in [-0.25, -0.2) is 9.18 Å². The minimum absolute atomic E-state index is 0.0352. The maximum atomic E-state index is 13.5. The quantitative estimate of drug-likeness (QED) is 0.596. The first-order chi connectivity index (χ1) is 14.2. The van der Waals surface area contributed by atoms with Crippen molar-refractivity contribution in [3.8, 4) is 0 Å². The fourth-order valence-electron chi connectivity index (χ4n) is 3.02. The summed E-state index contributed by atoms with van der Waals surface area (Å²) < 4.78 is 62.2. The fraction of sp³-hybridized carbons (Fsp3) is 0.300. The lowest BCUT2D eigenvalue weighted by Gasteiger charge is -2.29. The highest BCUT2D eigenvalue weighted by Gasteiger charge is 2.34. The number of amides is 1. The zero-order valence-electron chi connectivity index (χ0n) is 15.9. The van der Waals surface area contributed by atoms with E-state index in [1.165, 1.54) is 19.2 Å². The van der Waals surface area contributed by atoms with E-state index in [9.17, 15) is 27.2 Å². The summed E-state index contributed by atoms with van der Waals surface area (Å²) in [7, 11) is 1.17. The first kappa shape index (κ1) is 21.6. The molecule has 2 aromatic rings. The molecule has 0 atom stereocenters. The Morgan fingerprint density at radius 3 is 2.43 bits per heavy atom. The molecular weight excluding hydrogens is 408 g/mol. The van der Waals surface area contributed by atoms with Crippen LogP contribution in [0.3, 0.4) is 0 Å². The number of ether oxygens (including phenoxy) is 2. The summed E-state index contributed by atoms with van der Waals surface area (Å²) in [5, 5.41) is 2.40. The van der Waals surface area contributed by atoms with E-state index in [1.807, 2.05) is 4.90 Å². The molecule has 0 bridgehead atoms. The molecule has 160 valence electrons. The number of nitrogens with one attached hydrogen (secondary N) is 1. The molecule has 10 heteroatoms. The smallest absolute Gasteiger partial charge is 0.419 e. The van der Waals surface area contributed by atoms with E-state index < -0.39 is 35.0 Å². The minimum atomic E-state index is -4.95. The molecule has 0 spiro atoms. The van der Waals surface area contributed by atoms with Gasteiger partial charge in [-0.05, 0) is 36.4 Å². The number of carbonyl (C=O) groups excluding carboxylic acids is 2. The highest BCUT2D eigenvalue weighted by Crippen LogP contribution is 2.32. The van der Waals surface area contributed by atoms with Crippen LogP contribution in [0, 0.1) is 5.82 Å². The second-order valence-corrected chi connectivity index (χ2v) is 6.47. The number of rotatable bonds is 4. The molecule has 1 heterocycles. The summed E-state index contributed by atoms with van der Waals surface area (Å²) >= 11 is 0. The maximum Gasteiger partial charge on any atom is 0.419 e. The van der Waals surface area contributed by atoms with Crippen molar-refractivity contribution in [2.45, 2.75) is 6.18 Å². The van der Waals surface area contributed by atoms with Crippen LogP contribution in [0.25, 0.3) is 0 Å². The number of esters is 1. The minimum Gasteiger partial charge on any atom is -0.465 e. The first-order valence-corrected chi connectivity index (χ1v) is 8.94. The summed E-state index contributed by atoms with van der Waals surface area (Å²) in [6, 6.07) is 6.58. The Labute approximate surface area is 169 Å². The van der Waals surface area contributed by atoms with Gasteiger partial charge in [0.25, 0.3) is 5.91 Å². The van der Waals surface area contributed by atoms with E-state index in [0.717, 1.165) is 6.07 Å². The lowest BCUT2D eigenvalue weighted by Crippen LogP contribution is -2.36. The largest absolute Gasteiger partial charge is 0.465 e. The van der Waals surface area contributed by atoms with Gasteiger partial charge in [0, 0.05) is 24.3 Å². The third kappa shape index (κ3) is 4.70. The zero-order valence-corrected chi connectivity index (χ0v) is 15.9. The summed E-state index contributed by atoms with van der Waals surface area (Å²) in [6.07, 6.45) is -4.95. The molecule has 1 saturated heterocycles. The molecule has 3 rings (SSSR count). The number of hydrogen-bond acceptors (Lipinski definition) is 5. The SMILES string of the molecule is COC(=O)c1cc(N2CCOCC2)ccc1NC(=O)c1ccc(F)c(C(F)(F)F)c1. The van der Waals surface area contributed by atoms with Crippen molar-refractivity contribution < 1.29 is 36.6 Å². The maximum absolute atomic E-state index is 13.5. The Hall–Kier alpha value is -3.14. The van der Waals surface area contributed by atoms with Crippen LogP contribution < -0.4 is 10.2 Å². The summed E-state index contributed by atoms with van der Waals surface area (Å²) in [6.45, 7) is 2.28. The molecule has 0 aliphatic carbocycles. The Morgan fingerprint density at radius 2 is 1.80 bits per heavy atom. The standard InChI is InChI=1S/C20H18F4N2O4/c1-29-19(28)14-11-13(26-6-8-30-9-7-26)3-5-17(14)25-18(27)12-2-4-16(21)15(10-12)20(22,23)24/h2-5,10-11H,6-9H2,1H3,(H,25,27). The molecule has 0 radical (unpaired) electrons. The highest BCUT2D eigenvalue weighted by atomic mass is 19.4. The monoisotopic (exact) mass is 426 g/mol. The van der Waals surface area contributed by atoms with E-state index in [1.54, 1.807) is 6.07 Å². The summed E-state index contributed by atoms with van der Waals surface area (Å²) in [5.41, 5.74) is -1.16. The molecule has 1 amide bonds. The number of nitrogens with zero attached hydrogens (tertiary/aromatic N) is 1. The predicted octanol–water partition coefficient (Wildman–Crippen LogP) is 3.72. The van der Waals surface area contributed by atoms with Crippen LogP contribution in [0.1, 0.15) is 26.3 Å². The van der Waals surface area contributed by atoms with E-state index in [2.05, 4.69) is 5.32 Å². The third-order valence-corrected chi connectivity index (χ3v) is 4.57. The molecule has 1 N–H and O–H groups in total. The zero-order chi connectivity index (χ0) is 21.9. The lowest BCUT2D eigenvalue weighted by molar-refractivity contribution is -0.140. The number of methoxy groups -OCH3 is 1. The molecule has 1 fully saturated rings. The van der Waals surface area contributed by atoms with E-state index >= 15 is 0 Å². The Bertz CT molecular complexity index is 956. The van der Waals surface area contributed by atoms with Crippen molar-refractivity contribution in [2.24, 2.45) is 0 Å². The lowest BCUT2D eigenvalue weighted by atomic mass is 10.1. The van der Waals surface area contributed by atoms with Crippen molar-refractivity contribution in [3.63, 3.8) is 0 Å². The molecule has 0 saturated carbocycles. The number of carbonyl (C=O) groups is 2.